The fraction of sp³-hybridized carbons (Fsp3) is 0.500. The van der Waals surface area contributed by atoms with E-state index in [-0.39, 0.29) is 12.5 Å². The molecule has 0 saturated heterocycles. The van der Waals surface area contributed by atoms with Crippen LogP contribution in [0, 0.1) is 0 Å². The summed E-state index contributed by atoms with van der Waals surface area (Å²) in [6.07, 6.45) is 1.66. The highest BCUT2D eigenvalue weighted by Crippen LogP contribution is 2.19. The zero-order valence-electron chi connectivity index (χ0n) is 10.6. The van der Waals surface area contributed by atoms with Crippen molar-refractivity contribution in [3.8, 4) is 5.75 Å². The van der Waals surface area contributed by atoms with Crippen LogP contribution in [0.3, 0.4) is 0 Å². The van der Waals surface area contributed by atoms with Crippen LogP contribution in [0.4, 0.5) is 5.82 Å². The number of amides is 1. The van der Waals surface area contributed by atoms with Crippen LogP contribution in [-0.4, -0.2) is 42.5 Å². The molecule has 5 heteroatoms. The van der Waals surface area contributed by atoms with Gasteiger partial charge in [-0.25, -0.2) is 4.98 Å². The molecule has 1 rings (SSSR count). The van der Waals surface area contributed by atoms with Gasteiger partial charge in [0.2, 0.25) is 5.91 Å². The number of rotatable bonds is 6. The first kappa shape index (κ1) is 13.3. The van der Waals surface area contributed by atoms with Gasteiger partial charge in [0.15, 0.2) is 11.6 Å². The van der Waals surface area contributed by atoms with Crippen molar-refractivity contribution in [3.63, 3.8) is 0 Å². The molecule has 94 valence electrons. The Balaban J connectivity index is 2.58. The molecule has 0 bridgehead atoms. The largest absolute Gasteiger partial charge is 0.493 e. The average Bonchev–Trinajstić information content (AvgIpc) is 2.38. The Morgan fingerprint density at radius 3 is 2.76 bits per heavy atom. The summed E-state index contributed by atoms with van der Waals surface area (Å²) in [7, 11) is 1.58. The van der Waals surface area contributed by atoms with Gasteiger partial charge in [-0.15, -0.1) is 0 Å². The molecule has 1 aromatic heterocycles. The predicted molar refractivity (Wildman–Crippen MR) is 67.2 cm³/mol. The maximum absolute atomic E-state index is 11.8. The van der Waals surface area contributed by atoms with E-state index in [0.29, 0.717) is 11.6 Å². The van der Waals surface area contributed by atoms with E-state index >= 15 is 0 Å². The second kappa shape index (κ2) is 6.73. The van der Waals surface area contributed by atoms with Crippen LogP contribution in [-0.2, 0) is 4.79 Å². The number of nitrogens with zero attached hydrogens (tertiary/aromatic N) is 2. The van der Waals surface area contributed by atoms with Crippen LogP contribution in [0.2, 0.25) is 0 Å². The van der Waals surface area contributed by atoms with Gasteiger partial charge in [0.05, 0.1) is 13.7 Å². The summed E-state index contributed by atoms with van der Waals surface area (Å²) in [5, 5.41) is 2.99. The fourth-order valence-corrected chi connectivity index (χ4v) is 1.54. The SMILES string of the molecule is CCN(CC)C(=O)CNc1ncccc1OC. The molecule has 0 aliphatic rings. The van der Waals surface area contributed by atoms with Crippen LogP contribution >= 0.6 is 0 Å². The first-order valence-corrected chi connectivity index (χ1v) is 5.73. The van der Waals surface area contributed by atoms with Gasteiger partial charge in [-0.1, -0.05) is 0 Å². The van der Waals surface area contributed by atoms with Crippen LogP contribution in [0.1, 0.15) is 13.8 Å². The number of methoxy groups -OCH3 is 1. The standard InChI is InChI=1S/C12H19N3O2/c1-4-15(5-2)11(16)9-14-12-10(17-3)7-6-8-13-12/h6-8H,4-5,9H2,1-3H3,(H,13,14). The second-order valence-corrected chi connectivity index (χ2v) is 3.47. The normalized spacial score (nSPS) is 9.82. The Morgan fingerprint density at radius 1 is 1.47 bits per heavy atom. The van der Waals surface area contributed by atoms with Crippen LogP contribution < -0.4 is 10.1 Å². The van der Waals surface area contributed by atoms with Gasteiger partial charge in [-0.05, 0) is 26.0 Å². The smallest absolute Gasteiger partial charge is 0.241 e. The maximum atomic E-state index is 11.8. The van der Waals surface area contributed by atoms with Crippen molar-refractivity contribution >= 4 is 11.7 Å². The average molecular weight is 237 g/mol. The van der Waals surface area contributed by atoms with E-state index in [1.807, 2.05) is 13.8 Å². The molecule has 1 aromatic rings. The molecule has 0 radical (unpaired) electrons. The van der Waals surface area contributed by atoms with Gasteiger partial charge in [0.1, 0.15) is 0 Å². The maximum Gasteiger partial charge on any atom is 0.241 e. The van der Waals surface area contributed by atoms with Crippen molar-refractivity contribution in [3.05, 3.63) is 18.3 Å². The molecule has 5 nitrogen and oxygen atoms in total. The summed E-state index contributed by atoms with van der Waals surface area (Å²) in [4.78, 5) is 17.7. The monoisotopic (exact) mass is 237 g/mol. The predicted octanol–water partition coefficient (Wildman–Crippen LogP) is 1.37. The summed E-state index contributed by atoms with van der Waals surface area (Å²) in [5.41, 5.74) is 0. The van der Waals surface area contributed by atoms with E-state index in [1.165, 1.54) is 0 Å². The Bertz CT molecular complexity index is 365. The molecule has 0 aliphatic carbocycles. The quantitative estimate of drug-likeness (QED) is 0.812. The minimum Gasteiger partial charge on any atom is -0.493 e. The summed E-state index contributed by atoms with van der Waals surface area (Å²) >= 11 is 0. The van der Waals surface area contributed by atoms with Crippen LogP contribution in [0.25, 0.3) is 0 Å². The number of anilines is 1. The van der Waals surface area contributed by atoms with Crippen LogP contribution in [0.15, 0.2) is 18.3 Å². The topological polar surface area (TPSA) is 54.5 Å². The molecule has 0 aliphatic heterocycles. The zero-order valence-corrected chi connectivity index (χ0v) is 10.6. The van der Waals surface area contributed by atoms with Gasteiger partial charge in [-0.3, -0.25) is 4.79 Å². The summed E-state index contributed by atoms with van der Waals surface area (Å²) in [5.74, 6) is 1.29. The van der Waals surface area contributed by atoms with Crippen molar-refractivity contribution in [2.75, 3.05) is 32.1 Å². The minimum absolute atomic E-state index is 0.0581. The Kier molecular flexibility index (Phi) is 5.26. The molecule has 0 unspecified atom stereocenters. The Morgan fingerprint density at radius 2 is 2.18 bits per heavy atom. The molecule has 0 spiro atoms. The Labute approximate surface area is 102 Å². The molecule has 0 atom stereocenters. The lowest BCUT2D eigenvalue weighted by molar-refractivity contribution is -0.128. The van der Waals surface area contributed by atoms with Crippen molar-refractivity contribution in [2.45, 2.75) is 13.8 Å². The van der Waals surface area contributed by atoms with Crippen molar-refractivity contribution in [1.82, 2.24) is 9.88 Å². The van der Waals surface area contributed by atoms with E-state index in [0.717, 1.165) is 13.1 Å². The molecular formula is C12H19N3O2. The fourth-order valence-electron chi connectivity index (χ4n) is 1.54. The number of aromatic nitrogens is 1. The second-order valence-electron chi connectivity index (χ2n) is 3.47. The third-order valence-corrected chi connectivity index (χ3v) is 2.51. The van der Waals surface area contributed by atoms with E-state index in [2.05, 4.69) is 10.3 Å². The number of carbonyl (C=O) groups excluding carboxylic acids is 1. The zero-order chi connectivity index (χ0) is 12.7. The van der Waals surface area contributed by atoms with E-state index in [4.69, 9.17) is 4.74 Å². The summed E-state index contributed by atoms with van der Waals surface area (Å²) < 4.78 is 5.14. The summed E-state index contributed by atoms with van der Waals surface area (Å²) in [6, 6.07) is 3.59. The molecule has 17 heavy (non-hydrogen) atoms. The van der Waals surface area contributed by atoms with E-state index in [1.54, 1.807) is 30.3 Å². The van der Waals surface area contributed by atoms with Crippen molar-refractivity contribution in [2.24, 2.45) is 0 Å². The van der Waals surface area contributed by atoms with Gasteiger partial charge >= 0.3 is 0 Å². The third-order valence-electron chi connectivity index (χ3n) is 2.51. The highest BCUT2D eigenvalue weighted by atomic mass is 16.5. The molecule has 1 heterocycles. The molecular weight excluding hydrogens is 218 g/mol. The molecule has 0 saturated carbocycles. The highest BCUT2D eigenvalue weighted by Gasteiger charge is 2.10. The van der Waals surface area contributed by atoms with Gasteiger partial charge in [-0.2, -0.15) is 0 Å². The van der Waals surface area contributed by atoms with Gasteiger partial charge < -0.3 is 15.0 Å². The molecule has 1 amide bonds. The number of pyridine rings is 1. The van der Waals surface area contributed by atoms with Crippen molar-refractivity contribution in [1.29, 1.82) is 0 Å². The lowest BCUT2D eigenvalue weighted by atomic mass is 10.4. The van der Waals surface area contributed by atoms with E-state index in [9.17, 15) is 4.79 Å². The van der Waals surface area contributed by atoms with E-state index < -0.39 is 0 Å². The summed E-state index contributed by atoms with van der Waals surface area (Å²) in [6.45, 7) is 5.59. The number of hydrogen-bond donors (Lipinski definition) is 1. The van der Waals surface area contributed by atoms with Crippen LogP contribution in [0.5, 0.6) is 5.75 Å². The number of nitrogens with one attached hydrogen (secondary N) is 1. The Hall–Kier alpha value is -1.78. The number of carbonyl (C=O) groups is 1. The first-order valence-electron chi connectivity index (χ1n) is 5.73. The third kappa shape index (κ3) is 3.62. The molecule has 0 aromatic carbocycles. The lowest BCUT2D eigenvalue weighted by Gasteiger charge is -2.19. The molecule has 0 fully saturated rings. The molecule has 1 N–H and O–H groups in total. The van der Waals surface area contributed by atoms with Crippen molar-refractivity contribution < 1.29 is 9.53 Å². The number of hydrogen-bond acceptors (Lipinski definition) is 4. The van der Waals surface area contributed by atoms with Gasteiger partial charge in [0.25, 0.3) is 0 Å². The highest BCUT2D eigenvalue weighted by molar-refractivity contribution is 5.80. The van der Waals surface area contributed by atoms with Gasteiger partial charge in [0, 0.05) is 19.3 Å². The number of ether oxygens (including phenoxy) is 1. The first-order chi connectivity index (χ1) is 8.22. The minimum atomic E-state index is 0.0581. The number of likely N-dealkylation sites (N-methyl/N-ethyl adjacent to an activating group) is 1. The lowest BCUT2D eigenvalue weighted by Crippen LogP contribution is -2.35.